The molecule has 7 nitrogen and oxygen atoms in total. The van der Waals surface area contributed by atoms with Crippen LogP contribution < -0.4 is 25.0 Å². The van der Waals surface area contributed by atoms with Gasteiger partial charge in [-0.25, -0.2) is 0 Å². The summed E-state index contributed by atoms with van der Waals surface area (Å²) in [6.45, 7) is 4.32. The lowest BCUT2D eigenvalue weighted by Crippen LogP contribution is -2.50. The molecule has 7 heteroatoms. The lowest BCUT2D eigenvalue weighted by atomic mass is 9.94. The smallest absolute Gasteiger partial charge is 0.227 e. The normalized spacial score (nSPS) is 25.9. The van der Waals surface area contributed by atoms with Gasteiger partial charge in [0, 0.05) is 25.1 Å². The molecule has 2 N–H and O–H groups in total. The molecule has 2 saturated heterocycles. The topological polar surface area (TPSA) is 79.9 Å². The number of nitrogens with one attached hydrogen (secondary N) is 2. The Labute approximate surface area is 154 Å². The van der Waals surface area contributed by atoms with E-state index in [0.717, 1.165) is 19.5 Å². The first kappa shape index (κ1) is 18.5. The zero-order valence-corrected chi connectivity index (χ0v) is 15.6. The molecule has 2 heterocycles. The first-order valence-electron chi connectivity index (χ1n) is 9.07. The molecule has 2 aliphatic rings. The molecule has 0 aromatic heterocycles. The molecule has 142 valence electrons. The second kappa shape index (κ2) is 7.95. The van der Waals surface area contributed by atoms with Gasteiger partial charge in [0.2, 0.25) is 11.8 Å². The average molecular weight is 361 g/mol. The fraction of sp³-hybridized carbons (Fsp3) is 0.579. The van der Waals surface area contributed by atoms with Crippen molar-refractivity contribution in [1.29, 1.82) is 0 Å². The summed E-state index contributed by atoms with van der Waals surface area (Å²) in [6, 6.07) is 5.50. The Morgan fingerprint density at radius 1 is 1.31 bits per heavy atom. The summed E-state index contributed by atoms with van der Waals surface area (Å²) in [5.41, 5.74) is 0.670. The second-order valence-electron chi connectivity index (χ2n) is 7.03. The Balaban J connectivity index is 1.69. The molecule has 0 radical (unpaired) electrons. The number of hydrogen-bond acceptors (Lipinski definition) is 5. The number of methoxy groups -OCH3 is 2. The number of hydrogen-bond donors (Lipinski definition) is 2. The van der Waals surface area contributed by atoms with Crippen molar-refractivity contribution in [2.24, 2.45) is 11.8 Å². The Morgan fingerprint density at radius 3 is 2.81 bits per heavy atom. The zero-order valence-electron chi connectivity index (χ0n) is 15.6. The van der Waals surface area contributed by atoms with Crippen molar-refractivity contribution in [1.82, 2.24) is 10.6 Å². The predicted octanol–water partition coefficient (Wildman–Crippen LogP) is 1.17. The molecule has 26 heavy (non-hydrogen) atoms. The molecule has 3 rings (SSSR count). The molecule has 3 atom stereocenters. The van der Waals surface area contributed by atoms with E-state index in [1.54, 1.807) is 37.3 Å². The number of anilines is 1. The highest BCUT2D eigenvalue weighted by Crippen LogP contribution is 2.35. The number of rotatable bonds is 5. The summed E-state index contributed by atoms with van der Waals surface area (Å²) in [6.07, 6.45) is 1.14. The van der Waals surface area contributed by atoms with Crippen molar-refractivity contribution in [2.75, 3.05) is 38.8 Å². The molecule has 1 aromatic carbocycles. The minimum absolute atomic E-state index is 0.0351. The fourth-order valence-corrected chi connectivity index (χ4v) is 3.65. The third-order valence-electron chi connectivity index (χ3n) is 5.29. The van der Waals surface area contributed by atoms with Crippen LogP contribution in [-0.2, 0) is 9.59 Å². The molecule has 3 unspecified atom stereocenters. The van der Waals surface area contributed by atoms with Crippen molar-refractivity contribution in [2.45, 2.75) is 25.8 Å². The van der Waals surface area contributed by atoms with Gasteiger partial charge in [-0.3, -0.25) is 9.59 Å². The van der Waals surface area contributed by atoms with Crippen LogP contribution in [0, 0.1) is 11.8 Å². The maximum atomic E-state index is 12.7. The van der Waals surface area contributed by atoms with Gasteiger partial charge in [0.15, 0.2) is 0 Å². The van der Waals surface area contributed by atoms with E-state index >= 15 is 0 Å². The minimum Gasteiger partial charge on any atom is -0.497 e. The largest absolute Gasteiger partial charge is 0.497 e. The number of amides is 2. The van der Waals surface area contributed by atoms with E-state index in [-0.39, 0.29) is 30.2 Å². The van der Waals surface area contributed by atoms with Crippen LogP contribution in [0.1, 0.15) is 19.8 Å². The second-order valence-corrected chi connectivity index (χ2v) is 7.03. The van der Waals surface area contributed by atoms with Crippen LogP contribution in [0.4, 0.5) is 5.69 Å². The van der Waals surface area contributed by atoms with Crippen molar-refractivity contribution < 1.29 is 19.1 Å². The number of carbonyl (C=O) groups excluding carboxylic acids is 2. The molecule has 0 aliphatic carbocycles. The molecule has 0 spiro atoms. The number of nitrogens with zero attached hydrogens (tertiary/aromatic N) is 1. The van der Waals surface area contributed by atoms with Crippen molar-refractivity contribution in [3.05, 3.63) is 18.2 Å². The molecule has 2 amide bonds. The van der Waals surface area contributed by atoms with Gasteiger partial charge in [0.1, 0.15) is 11.5 Å². The maximum Gasteiger partial charge on any atom is 0.227 e. The molecule has 0 saturated carbocycles. The summed E-state index contributed by atoms with van der Waals surface area (Å²) < 4.78 is 10.6. The van der Waals surface area contributed by atoms with Crippen molar-refractivity contribution in [3.8, 4) is 11.5 Å². The van der Waals surface area contributed by atoms with Gasteiger partial charge in [-0.2, -0.15) is 0 Å². The Hall–Kier alpha value is -2.28. The molecular formula is C19H27N3O4. The fourth-order valence-electron chi connectivity index (χ4n) is 3.65. The Kier molecular flexibility index (Phi) is 5.66. The Morgan fingerprint density at radius 2 is 2.12 bits per heavy atom. The SMILES string of the molecule is COc1ccc(N2CC(C(=O)NC3CCNCC3C)CC2=O)c(OC)c1. The zero-order chi connectivity index (χ0) is 18.7. The highest BCUT2D eigenvalue weighted by Gasteiger charge is 2.37. The van der Waals surface area contributed by atoms with Crippen molar-refractivity contribution >= 4 is 17.5 Å². The van der Waals surface area contributed by atoms with E-state index in [4.69, 9.17) is 9.47 Å². The van der Waals surface area contributed by atoms with Gasteiger partial charge in [-0.1, -0.05) is 6.92 Å². The average Bonchev–Trinajstić information content (AvgIpc) is 3.04. The van der Waals surface area contributed by atoms with Crippen LogP contribution in [-0.4, -0.2) is 51.7 Å². The van der Waals surface area contributed by atoms with Gasteiger partial charge >= 0.3 is 0 Å². The van der Waals surface area contributed by atoms with E-state index < -0.39 is 0 Å². The first-order valence-corrected chi connectivity index (χ1v) is 9.07. The van der Waals surface area contributed by atoms with Crippen LogP contribution in [0.25, 0.3) is 0 Å². The third kappa shape index (κ3) is 3.77. The van der Waals surface area contributed by atoms with E-state index in [0.29, 0.717) is 29.6 Å². The maximum absolute atomic E-state index is 12.7. The van der Waals surface area contributed by atoms with E-state index in [9.17, 15) is 9.59 Å². The van der Waals surface area contributed by atoms with Gasteiger partial charge in [-0.05, 0) is 37.6 Å². The van der Waals surface area contributed by atoms with E-state index in [2.05, 4.69) is 17.6 Å². The van der Waals surface area contributed by atoms with Crippen LogP contribution in [0.5, 0.6) is 11.5 Å². The number of piperidine rings is 1. The first-order chi connectivity index (χ1) is 12.5. The van der Waals surface area contributed by atoms with Crippen LogP contribution in [0.2, 0.25) is 0 Å². The number of benzene rings is 1. The monoisotopic (exact) mass is 361 g/mol. The standard InChI is InChI=1S/C19H27N3O4/c1-12-10-20-7-6-15(12)21-19(24)13-8-18(23)22(11-13)16-5-4-14(25-2)9-17(16)26-3/h4-5,9,12-13,15,20H,6-8,10-11H2,1-3H3,(H,21,24). The predicted molar refractivity (Wildman–Crippen MR) is 98.6 cm³/mol. The molecule has 2 fully saturated rings. The molecule has 1 aromatic rings. The number of carbonyl (C=O) groups is 2. The minimum atomic E-state index is -0.337. The van der Waals surface area contributed by atoms with Gasteiger partial charge in [-0.15, -0.1) is 0 Å². The van der Waals surface area contributed by atoms with E-state index in [1.807, 2.05) is 0 Å². The van der Waals surface area contributed by atoms with Crippen LogP contribution >= 0.6 is 0 Å². The van der Waals surface area contributed by atoms with Gasteiger partial charge in [0.25, 0.3) is 0 Å². The summed E-state index contributed by atoms with van der Waals surface area (Å²) >= 11 is 0. The van der Waals surface area contributed by atoms with Crippen LogP contribution in [0.3, 0.4) is 0 Å². The summed E-state index contributed by atoms with van der Waals surface area (Å²) in [5, 5.41) is 6.47. The Bertz CT molecular complexity index is 679. The summed E-state index contributed by atoms with van der Waals surface area (Å²) in [5.74, 6) is 1.18. The lowest BCUT2D eigenvalue weighted by molar-refractivity contribution is -0.127. The van der Waals surface area contributed by atoms with Gasteiger partial charge < -0.3 is 25.0 Å². The van der Waals surface area contributed by atoms with E-state index in [1.165, 1.54) is 0 Å². The van der Waals surface area contributed by atoms with Crippen molar-refractivity contribution in [3.63, 3.8) is 0 Å². The third-order valence-corrected chi connectivity index (χ3v) is 5.29. The van der Waals surface area contributed by atoms with Crippen LogP contribution in [0.15, 0.2) is 18.2 Å². The summed E-state index contributed by atoms with van der Waals surface area (Å²) in [4.78, 5) is 26.8. The highest BCUT2D eigenvalue weighted by atomic mass is 16.5. The highest BCUT2D eigenvalue weighted by molar-refractivity contribution is 6.01. The van der Waals surface area contributed by atoms with Gasteiger partial charge in [0.05, 0.1) is 25.8 Å². The number of ether oxygens (including phenoxy) is 2. The molecule has 0 bridgehead atoms. The summed E-state index contributed by atoms with van der Waals surface area (Å²) in [7, 11) is 3.14. The quantitative estimate of drug-likeness (QED) is 0.823. The molecular weight excluding hydrogens is 334 g/mol. The molecule has 2 aliphatic heterocycles. The lowest BCUT2D eigenvalue weighted by Gasteiger charge is -2.31.